The van der Waals surface area contributed by atoms with Crippen molar-refractivity contribution in [2.24, 2.45) is 0 Å². The van der Waals surface area contributed by atoms with Crippen LogP contribution in [-0.2, 0) is 10.0 Å². The summed E-state index contributed by atoms with van der Waals surface area (Å²) < 4.78 is 26.8. The van der Waals surface area contributed by atoms with Crippen molar-refractivity contribution in [2.75, 3.05) is 4.72 Å². The molecule has 0 atom stereocenters. The lowest BCUT2D eigenvalue weighted by atomic mass is 10.2. The van der Waals surface area contributed by atoms with E-state index in [2.05, 4.69) is 10.6 Å². The summed E-state index contributed by atoms with van der Waals surface area (Å²) in [7, 11) is -3.72. The topological polar surface area (TPSA) is 46.2 Å². The molecular weight excluding hydrogens is 282 g/mol. The van der Waals surface area contributed by atoms with Crippen LogP contribution in [0.15, 0.2) is 53.4 Å². The van der Waals surface area contributed by atoms with Crippen molar-refractivity contribution in [3.63, 3.8) is 0 Å². The molecule has 3 nitrogen and oxygen atoms in total. The van der Waals surface area contributed by atoms with E-state index >= 15 is 0 Å². The summed E-state index contributed by atoms with van der Waals surface area (Å²) in [4.78, 5) is 0.0303. The number of sulfonamides is 1. The molecule has 0 aliphatic heterocycles. The molecule has 0 heterocycles. The molecule has 0 saturated carbocycles. The van der Waals surface area contributed by atoms with Crippen LogP contribution in [0, 0.1) is 12.3 Å². The van der Waals surface area contributed by atoms with E-state index in [1.807, 2.05) is 0 Å². The first-order chi connectivity index (χ1) is 9.03. The Labute approximate surface area is 117 Å². The van der Waals surface area contributed by atoms with Gasteiger partial charge in [-0.1, -0.05) is 35.7 Å². The van der Waals surface area contributed by atoms with Gasteiger partial charge in [0.15, 0.2) is 0 Å². The normalized spacial score (nSPS) is 10.7. The zero-order chi connectivity index (χ0) is 13.9. The minimum absolute atomic E-state index is 0.0303. The predicted octanol–water partition coefficient (Wildman–Crippen LogP) is 3.12. The van der Waals surface area contributed by atoms with E-state index in [1.54, 1.807) is 36.4 Å². The first-order valence-electron chi connectivity index (χ1n) is 5.37. The fourth-order valence-electron chi connectivity index (χ4n) is 1.55. The summed E-state index contributed by atoms with van der Waals surface area (Å²) in [5.74, 6) is 2.44. The maximum atomic E-state index is 12.2. The summed E-state index contributed by atoms with van der Waals surface area (Å²) in [6, 6.07) is 12.8. The minimum atomic E-state index is -3.72. The molecule has 0 fully saturated rings. The summed E-state index contributed by atoms with van der Waals surface area (Å²) in [5, 5.41) is 0.170. The molecule has 0 aromatic heterocycles. The van der Waals surface area contributed by atoms with Gasteiger partial charge in [-0.05, 0) is 30.3 Å². The molecule has 0 aliphatic carbocycles. The first-order valence-corrected chi connectivity index (χ1v) is 7.23. The van der Waals surface area contributed by atoms with E-state index in [0.29, 0.717) is 11.3 Å². The number of hydrogen-bond acceptors (Lipinski definition) is 2. The Morgan fingerprint density at radius 2 is 1.84 bits per heavy atom. The maximum Gasteiger partial charge on any atom is 0.263 e. The molecule has 1 N–H and O–H groups in total. The molecule has 2 rings (SSSR count). The number of nitrogens with one attached hydrogen (secondary N) is 1. The maximum absolute atomic E-state index is 12.2. The quantitative estimate of drug-likeness (QED) is 0.883. The zero-order valence-corrected chi connectivity index (χ0v) is 11.4. The average Bonchev–Trinajstić information content (AvgIpc) is 2.38. The van der Waals surface area contributed by atoms with Crippen LogP contribution in [0.5, 0.6) is 0 Å². The van der Waals surface area contributed by atoms with Gasteiger partial charge in [0.2, 0.25) is 0 Å². The molecule has 96 valence electrons. The van der Waals surface area contributed by atoms with E-state index in [0.717, 1.165) is 0 Å². The van der Waals surface area contributed by atoms with Crippen LogP contribution < -0.4 is 4.72 Å². The Hall–Kier alpha value is -1.96. The van der Waals surface area contributed by atoms with Crippen molar-refractivity contribution < 1.29 is 8.42 Å². The summed E-state index contributed by atoms with van der Waals surface area (Å²) in [6.07, 6.45) is 5.27. The van der Waals surface area contributed by atoms with Gasteiger partial charge in [-0.15, -0.1) is 6.42 Å². The van der Waals surface area contributed by atoms with Crippen LogP contribution in [0.4, 0.5) is 5.69 Å². The molecule has 2 aromatic rings. The van der Waals surface area contributed by atoms with E-state index < -0.39 is 10.0 Å². The van der Waals surface area contributed by atoms with E-state index in [9.17, 15) is 8.42 Å². The lowest BCUT2D eigenvalue weighted by molar-refractivity contribution is 0.601. The van der Waals surface area contributed by atoms with Crippen molar-refractivity contribution in [1.29, 1.82) is 0 Å². The Morgan fingerprint density at radius 3 is 2.53 bits per heavy atom. The largest absolute Gasteiger partial charge is 0.280 e. The average molecular weight is 292 g/mol. The van der Waals surface area contributed by atoms with Crippen molar-refractivity contribution in [3.8, 4) is 12.3 Å². The third-order valence-corrected chi connectivity index (χ3v) is 4.29. The second-order valence-corrected chi connectivity index (χ2v) is 5.82. The van der Waals surface area contributed by atoms with Crippen molar-refractivity contribution >= 4 is 27.3 Å². The molecule has 0 saturated heterocycles. The van der Waals surface area contributed by atoms with Gasteiger partial charge in [0.25, 0.3) is 10.0 Å². The number of hydrogen-bond donors (Lipinski definition) is 1. The third kappa shape index (κ3) is 3.08. The van der Waals surface area contributed by atoms with Crippen LogP contribution in [0.3, 0.4) is 0 Å². The van der Waals surface area contributed by atoms with Crippen LogP contribution in [0.2, 0.25) is 5.02 Å². The van der Waals surface area contributed by atoms with Crippen molar-refractivity contribution in [2.45, 2.75) is 4.90 Å². The van der Waals surface area contributed by atoms with E-state index in [-0.39, 0.29) is 9.92 Å². The summed E-state index contributed by atoms with van der Waals surface area (Å²) in [6.45, 7) is 0. The molecule has 0 unspecified atom stereocenters. The molecule has 0 amide bonds. The molecule has 0 aliphatic rings. The van der Waals surface area contributed by atoms with Gasteiger partial charge in [0.05, 0.1) is 10.7 Å². The zero-order valence-electron chi connectivity index (χ0n) is 9.80. The smallest absolute Gasteiger partial charge is 0.263 e. The number of anilines is 1. The van der Waals surface area contributed by atoms with Gasteiger partial charge in [-0.2, -0.15) is 0 Å². The SMILES string of the molecule is C#Cc1cccc(NS(=O)(=O)c2ccccc2Cl)c1. The molecule has 0 radical (unpaired) electrons. The van der Waals surface area contributed by atoms with Crippen molar-refractivity contribution in [1.82, 2.24) is 0 Å². The van der Waals surface area contributed by atoms with Gasteiger partial charge in [-0.3, -0.25) is 4.72 Å². The van der Waals surface area contributed by atoms with Crippen LogP contribution in [0.1, 0.15) is 5.56 Å². The first kappa shape index (κ1) is 13.5. The number of terminal acetylenes is 1. The monoisotopic (exact) mass is 291 g/mol. The van der Waals surface area contributed by atoms with Gasteiger partial charge >= 0.3 is 0 Å². The Bertz CT molecular complexity index is 748. The third-order valence-electron chi connectivity index (χ3n) is 2.41. The second kappa shape index (κ2) is 5.35. The van der Waals surface area contributed by atoms with Gasteiger partial charge in [0, 0.05) is 5.56 Å². The van der Waals surface area contributed by atoms with Crippen molar-refractivity contribution in [3.05, 3.63) is 59.1 Å². The molecule has 2 aromatic carbocycles. The lowest BCUT2D eigenvalue weighted by Gasteiger charge is -2.09. The number of halogens is 1. The minimum Gasteiger partial charge on any atom is -0.280 e. The predicted molar refractivity (Wildman–Crippen MR) is 76.6 cm³/mol. The highest BCUT2D eigenvalue weighted by Gasteiger charge is 2.17. The van der Waals surface area contributed by atoms with Crippen LogP contribution >= 0.6 is 11.6 Å². The molecule has 19 heavy (non-hydrogen) atoms. The molecule has 0 spiro atoms. The standard InChI is InChI=1S/C14H10ClNO2S/c1-2-11-6-5-7-12(10-11)16-19(17,18)14-9-4-3-8-13(14)15/h1,3-10,16H. The molecular formula is C14H10ClNO2S. The summed E-state index contributed by atoms with van der Waals surface area (Å²) >= 11 is 5.88. The highest BCUT2D eigenvalue weighted by molar-refractivity contribution is 7.92. The van der Waals surface area contributed by atoms with Gasteiger partial charge in [0.1, 0.15) is 4.90 Å². The number of benzene rings is 2. The number of rotatable bonds is 3. The fourth-order valence-corrected chi connectivity index (χ4v) is 3.12. The van der Waals surface area contributed by atoms with Crippen LogP contribution in [0.25, 0.3) is 0 Å². The second-order valence-electron chi connectivity index (χ2n) is 3.76. The highest BCUT2D eigenvalue weighted by Crippen LogP contribution is 2.23. The molecule has 0 bridgehead atoms. The van der Waals surface area contributed by atoms with Gasteiger partial charge < -0.3 is 0 Å². The van der Waals surface area contributed by atoms with E-state index in [1.165, 1.54) is 12.1 Å². The Balaban J connectivity index is 2.37. The Kier molecular flexibility index (Phi) is 3.79. The fraction of sp³-hybridized carbons (Fsp3) is 0. The Morgan fingerprint density at radius 1 is 1.11 bits per heavy atom. The highest BCUT2D eigenvalue weighted by atomic mass is 35.5. The van der Waals surface area contributed by atoms with E-state index in [4.69, 9.17) is 18.0 Å². The summed E-state index contributed by atoms with van der Waals surface area (Å²) in [5.41, 5.74) is 0.995. The van der Waals surface area contributed by atoms with Crippen LogP contribution in [-0.4, -0.2) is 8.42 Å². The molecule has 5 heteroatoms. The van der Waals surface area contributed by atoms with Gasteiger partial charge in [-0.25, -0.2) is 8.42 Å². The lowest BCUT2D eigenvalue weighted by Crippen LogP contribution is -2.13.